The Bertz CT molecular complexity index is 1630. The number of carbonyl (C=O) groups is 1. The molecule has 2 aliphatic rings. The molecule has 2 aromatic carbocycles. The first-order chi connectivity index (χ1) is 21.5. The fourth-order valence-corrected chi connectivity index (χ4v) is 6.14. The Morgan fingerprint density at radius 2 is 1.71 bits per heavy atom. The molecule has 1 atom stereocenters. The lowest BCUT2D eigenvalue weighted by molar-refractivity contribution is -0.144. The fraction of sp³-hybridized carbons (Fsp3) is 0.500. The second kappa shape index (κ2) is 13.3. The van der Waals surface area contributed by atoms with E-state index >= 15 is 0 Å². The number of halogens is 3. The minimum Gasteiger partial charge on any atom is -0.374 e. The van der Waals surface area contributed by atoms with Gasteiger partial charge in [0.2, 0.25) is 22.6 Å². The Balaban J connectivity index is 1.17. The Labute approximate surface area is 259 Å². The van der Waals surface area contributed by atoms with Gasteiger partial charge < -0.3 is 20.0 Å². The van der Waals surface area contributed by atoms with Crippen LogP contribution in [0.15, 0.2) is 39.9 Å². The molecule has 0 radical (unpaired) electrons. The van der Waals surface area contributed by atoms with E-state index < -0.39 is 28.9 Å². The number of amides is 1. The van der Waals surface area contributed by atoms with Crippen molar-refractivity contribution in [3.63, 3.8) is 0 Å². The van der Waals surface area contributed by atoms with Crippen molar-refractivity contribution in [1.29, 1.82) is 5.26 Å². The second-order valence-corrected chi connectivity index (χ2v) is 12.0. The van der Waals surface area contributed by atoms with Crippen LogP contribution in [-0.4, -0.2) is 62.2 Å². The Hall–Kier alpha value is -4.47. The molecule has 238 valence electrons. The summed E-state index contributed by atoms with van der Waals surface area (Å²) < 4.78 is 41.6. The topological polar surface area (TPSA) is 123 Å². The molecule has 0 saturated carbocycles. The number of nitrogens with one attached hydrogen (secondary N) is 1. The zero-order valence-corrected chi connectivity index (χ0v) is 25.4. The van der Waals surface area contributed by atoms with Crippen molar-refractivity contribution < 1.29 is 18.0 Å². The van der Waals surface area contributed by atoms with Crippen molar-refractivity contribution in [2.75, 3.05) is 55.0 Å². The molecule has 0 aliphatic carbocycles. The van der Waals surface area contributed by atoms with Crippen molar-refractivity contribution in [3.8, 4) is 6.07 Å². The lowest BCUT2D eigenvalue weighted by Gasteiger charge is -2.41. The Kier molecular flexibility index (Phi) is 9.41. The first-order valence-electron chi connectivity index (χ1n) is 15.2. The number of nitrogens with zero attached hydrogens (tertiary/aromatic N) is 6. The number of carbonyl (C=O) groups excluding carboxylic acids is 1. The second-order valence-electron chi connectivity index (χ2n) is 12.0. The predicted molar refractivity (Wildman–Crippen MR) is 164 cm³/mol. The minimum absolute atomic E-state index is 0.0811. The molecule has 2 fully saturated rings. The molecule has 0 bridgehead atoms. The maximum Gasteiger partial charge on any atom is 0.451 e. The summed E-state index contributed by atoms with van der Waals surface area (Å²) in [7, 11) is 3.49. The van der Waals surface area contributed by atoms with Gasteiger partial charge in [-0.1, -0.05) is 12.1 Å². The normalized spacial score (nSPS) is 17.2. The number of aromatic nitrogens is 2. The van der Waals surface area contributed by atoms with Crippen molar-refractivity contribution in [2.45, 2.75) is 57.2 Å². The molecular formula is C32H36F3N7O3. The van der Waals surface area contributed by atoms with Gasteiger partial charge >= 0.3 is 6.18 Å². The summed E-state index contributed by atoms with van der Waals surface area (Å²) in [5, 5.41) is 11.8. The van der Waals surface area contributed by atoms with Gasteiger partial charge in [-0.05, 0) is 68.6 Å². The molecule has 1 aromatic heterocycles. The summed E-state index contributed by atoms with van der Waals surface area (Å²) in [6, 6.07) is 10.0. The molecule has 45 heavy (non-hydrogen) atoms. The monoisotopic (exact) mass is 623 g/mol. The molecule has 0 unspecified atom stereocenters. The highest BCUT2D eigenvalue weighted by atomic mass is 19.4. The van der Waals surface area contributed by atoms with E-state index in [9.17, 15) is 27.6 Å². The smallest absolute Gasteiger partial charge is 0.374 e. The van der Waals surface area contributed by atoms with E-state index in [0.717, 1.165) is 31.2 Å². The van der Waals surface area contributed by atoms with Crippen LogP contribution < -0.4 is 30.9 Å². The first-order valence-corrected chi connectivity index (χ1v) is 15.2. The summed E-state index contributed by atoms with van der Waals surface area (Å²) in [4.78, 5) is 49.5. The van der Waals surface area contributed by atoms with E-state index in [1.165, 1.54) is 0 Å². The van der Waals surface area contributed by atoms with Crippen LogP contribution in [0.4, 0.5) is 30.5 Å². The number of hydrogen-bond acceptors (Lipinski definition) is 9. The summed E-state index contributed by atoms with van der Waals surface area (Å²) in [5.41, 5.74) is 1.74. The Morgan fingerprint density at radius 3 is 2.31 bits per heavy atom. The highest BCUT2D eigenvalue weighted by molar-refractivity contribution is 5.86. The fourth-order valence-electron chi connectivity index (χ4n) is 6.14. The van der Waals surface area contributed by atoms with Crippen LogP contribution in [0.5, 0.6) is 0 Å². The van der Waals surface area contributed by atoms with Gasteiger partial charge in [0.25, 0.3) is 0 Å². The average molecular weight is 624 g/mol. The van der Waals surface area contributed by atoms with E-state index in [1.54, 1.807) is 42.1 Å². The van der Waals surface area contributed by atoms with Gasteiger partial charge in [0.1, 0.15) is 17.7 Å². The quantitative estimate of drug-likeness (QED) is 0.321. The molecular weight excluding hydrogens is 587 g/mol. The van der Waals surface area contributed by atoms with Gasteiger partial charge in [-0.25, -0.2) is 9.97 Å². The van der Waals surface area contributed by atoms with E-state index in [4.69, 9.17) is 5.26 Å². The van der Waals surface area contributed by atoms with Gasteiger partial charge in [-0.15, -0.1) is 0 Å². The van der Waals surface area contributed by atoms with Gasteiger partial charge in [0.05, 0.1) is 17.3 Å². The van der Waals surface area contributed by atoms with Crippen LogP contribution in [0.25, 0.3) is 0 Å². The van der Waals surface area contributed by atoms with Crippen molar-refractivity contribution in [2.24, 2.45) is 5.92 Å². The largest absolute Gasteiger partial charge is 0.451 e. The average Bonchev–Trinajstić information content (AvgIpc) is 2.99. The molecule has 3 aromatic rings. The highest BCUT2D eigenvalue weighted by Crippen LogP contribution is 2.35. The molecule has 2 saturated heterocycles. The summed E-state index contributed by atoms with van der Waals surface area (Å²) in [5.74, 6) is -0.874. The zero-order valence-electron chi connectivity index (χ0n) is 25.4. The molecule has 10 nitrogen and oxygen atoms in total. The number of rotatable bonds is 11. The summed E-state index contributed by atoms with van der Waals surface area (Å²) in [6.07, 6.45) is 0.0124. The molecule has 1 N–H and O–H groups in total. The predicted octanol–water partition coefficient (Wildman–Crippen LogP) is 3.21. The highest BCUT2D eigenvalue weighted by Gasteiger charge is 2.40. The third kappa shape index (κ3) is 7.10. The zero-order chi connectivity index (χ0) is 32.3. The van der Waals surface area contributed by atoms with Gasteiger partial charge in [-0.2, -0.15) is 18.4 Å². The van der Waals surface area contributed by atoms with Crippen LogP contribution in [0.1, 0.15) is 54.6 Å². The Morgan fingerprint density at radius 1 is 1.02 bits per heavy atom. The number of alkyl halides is 3. The lowest BCUT2D eigenvalue weighted by atomic mass is 9.89. The first kappa shape index (κ1) is 31.9. The van der Waals surface area contributed by atoms with Crippen LogP contribution in [-0.2, 0) is 23.8 Å². The van der Waals surface area contributed by atoms with Crippen LogP contribution in [0, 0.1) is 17.2 Å². The van der Waals surface area contributed by atoms with Gasteiger partial charge in [0, 0.05) is 51.9 Å². The molecule has 3 heterocycles. The molecule has 2 aliphatic heterocycles. The number of piperidine rings is 1. The molecule has 0 spiro atoms. The summed E-state index contributed by atoms with van der Waals surface area (Å²) >= 11 is 0. The van der Waals surface area contributed by atoms with E-state index in [-0.39, 0.29) is 17.5 Å². The van der Waals surface area contributed by atoms with Gasteiger partial charge in [0.15, 0.2) is 0 Å². The van der Waals surface area contributed by atoms with Crippen LogP contribution in [0.3, 0.4) is 0 Å². The third-order valence-corrected chi connectivity index (χ3v) is 8.77. The molecule has 1 amide bonds. The minimum atomic E-state index is -4.74. The molecule has 5 rings (SSSR count). The maximum atomic E-state index is 13.9. The number of nitriles is 1. The van der Waals surface area contributed by atoms with Crippen molar-refractivity contribution in [1.82, 2.24) is 15.3 Å². The third-order valence-electron chi connectivity index (χ3n) is 8.77. The van der Waals surface area contributed by atoms with Crippen LogP contribution in [0.2, 0.25) is 0 Å². The SMILES string of the molecule is CN(C)c1c(CCCC2CCN(c3cc(N4CC[C@H]4C(=O)NCCc4ccc(C#N)cc4)nc(C(F)(F)F)n3)CC2)c(=O)c1=O. The van der Waals surface area contributed by atoms with E-state index in [2.05, 4.69) is 21.4 Å². The van der Waals surface area contributed by atoms with Crippen molar-refractivity contribution >= 4 is 23.2 Å². The standard InChI is InChI=1S/C32H36F3N7O3/c1-40(2)27-23(28(43)29(27)44)5-3-4-20-11-15-41(16-12-20)25-18-26(39-31(38-25)32(33,34)35)42-17-13-24(42)30(45)37-14-10-21-6-8-22(19-36)9-7-21/h6-9,18,20,24H,3-5,10-17H2,1-2H3,(H,37,45)/t24-/m0/s1. The maximum absolute atomic E-state index is 13.9. The van der Waals surface area contributed by atoms with Crippen LogP contribution >= 0.6 is 0 Å². The van der Waals surface area contributed by atoms with Crippen molar-refractivity contribution in [3.05, 3.63) is 73.3 Å². The van der Waals surface area contributed by atoms with E-state index in [1.807, 2.05) is 17.0 Å². The summed E-state index contributed by atoms with van der Waals surface area (Å²) in [6.45, 7) is 1.82. The molecule has 13 heteroatoms. The van der Waals surface area contributed by atoms with E-state index in [0.29, 0.717) is 68.2 Å². The van der Waals surface area contributed by atoms with Gasteiger partial charge in [-0.3, -0.25) is 14.4 Å². The lowest BCUT2D eigenvalue weighted by Crippen LogP contribution is -2.57. The number of hydrogen-bond donors (Lipinski definition) is 1. The number of anilines is 3. The number of benzene rings is 1.